The lowest BCUT2D eigenvalue weighted by Gasteiger charge is -2.26. The molecule has 90 valence electrons. The molecule has 5 nitrogen and oxygen atoms in total. The Labute approximate surface area is 94.7 Å². The van der Waals surface area contributed by atoms with Crippen LogP contribution in [0.25, 0.3) is 0 Å². The minimum atomic E-state index is -3.42. The summed E-state index contributed by atoms with van der Waals surface area (Å²) in [6.45, 7) is 1.57. The second-order valence-electron chi connectivity index (χ2n) is 3.59. The molecule has 0 aromatic carbocycles. The van der Waals surface area contributed by atoms with E-state index in [9.17, 15) is 16.8 Å². The van der Waals surface area contributed by atoms with Crippen molar-refractivity contribution in [2.45, 2.75) is 6.42 Å². The molecule has 0 amide bonds. The van der Waals surface area contributed by atoms with Gasteiger partial charge in [0.25, 0.3) is 0 Å². The van der Waals surface area contributed by atoms with Gasteiger partial charge in [0.05, 0.1) is 17.3 Å². The van der Waals surface area contributed by atoms with Crippen molar-refractivity contribution in [3.63, 3.8) is 0 Å². The number of nitrogens with zero attached hydrogens (tertiary/aromatic N) is 1. The highest BCUT2D eigenvalue weighted by atomic mass is 35.7. The van der Waals surface area contributed by atoms with Gasteiger partial charge in [0.1, 0.15) is 0 Å². The van der Waals surface area contributed by atoms with E-state index in [-0.39, 0.29) is 17.3 Å². The summed E-state index contributed by atoms with van der Waals surface area (Å²) in [5, 5.41) is 0. The molecule has 0 spiro atoms. The molecule has 0 aromatic heterocycles. The zero-order chi connectivity index (χ0) is 11.5. The van der Waals surface area contributed by atoms with E-state index in [1.165, 1.54) is 0 Å². The topological polar surface area (TPSA) is 71.5 Å². The SMILES string of the molecule is O=S(=O)(Cl)CCCN1CCS(=O)(=O)CC1. The van der Waals surface area contributed by atoms with E-state index in [0.29, 0.717) is 26.1 Å². The molecule has 1 saturated heterocycles. The van der Waals surface area contributed by atoms with Crippen LogP contribution >= 0.6 is 10.7 Å². The molecule has 0 atom stereocenters. The molecule has 0 aromatic rings. The number of rotatable bonds is 4. The third kappa shape index (κ3) is 5.70. The van der Waals surface area contributed by atoms with Gasteiger partial charge in [0.2, 0.25) is 9.05 Å². The molecule has 0 radical (unpaired) electrons. The van der Waals surface area contributed by atoms with Gasteiger partial charge in [-0.25, -0.2) is 16.8 Å². The van der Waals surface area contributed by atoms with Crippen LogP contribution in [0.4, 0.5) is 0 Å². The van der Waals surface area contributed by atoms with Crippen LogP contribution in [0.5, 0.6) is 0 Å². The highest BCUT2D eigenvalue weighted by molar-refractivity contribution is 8.13. The minimum absolute atomic E-state index is 0.0577. The Bertz CT molecular complexity index is 389. The maximum atomic E-state index is 11.1. The third-order valence-electron chi connectivity index (χ3n) is 2.30. The van der Waals surface area contributed by atoms with E-state index in [1.807, 2.05) is 4.90 Å². The molecule has 0 unspecified atom stereocenters. The second-order valence-corrected chi connectivity index (χ2v) is 8.79. The molecule has 0 bridgehead atoms. The van der Waals surface area contributed by atoms with Gasteiger partial charge in [-0.15, -0.1) is 0 Å². The Kier molecular flexibility index (Phi) is 4.39. The van der Waals surface area contributed by atoms with Crippen molar-refractivity contribution in [3.05, 3.63) is 0 Å². The molecule has 0 N–H and O–H groups in total. The van der Waals surface area contributed by atoms with Gasteiger partial charge in [-0.1, -0.05) is 0 Å². The van der Waals surface area contributed by atoms with Crippen molar-refractivity contribution in [3.8, 4) is 0 Å². The summed E-state index contributed by atoms with van der Waals surface area (Å²) >= 11 is 0. The average molecular weight is 276 g/mol. The van der Waals surface area contributed by atoms with E-state index < -0.39 is 18.9 Å². The number of hydrogen-bond donors (Lipinski definition) is 0. The van der Waals surface area contributed by atoms with Crippen molar-refractivity contribution >= 4 is 29.6 Å². The Morgan fingerprint density at radius 2 is 1.73 bits per heavy atom. The Hall–Kier alpha value is 0.150. The summed E-state index contributed by atoms with van der Waals surface area (Å²) in [5.41, 5.74) is 0. The van der Waals surface area contributed by atoms with Crippen LogP contribution in [0, 0.1) is 0 Å². The molecule has 0 aliphatic carbocycles. The van der Waals surface area contributed by atoms with E-state index in [0.717, 1.165) is 0 Å². The maximum absolute atomic E-state index is 11.1. The molecule has 0 saturated carbocycles. The fourth-order valence-corrected chi connectivity index (χ4v) is 3.51. The smallest absolute Gasteiger partial charge is 0.232 e. The molecule has 1 heterocycles. The standard InChI is InChI=1S/C7H14ClNO4S2/c8-15(12,13)5-1-2-9-3-6-14(10,11)7-4-9/h1-7H2. The largest absolute Gasteiger partial charge is 0.301 e. The summed E-state index contributed by atoms with van der Waals surface area (Å²) in [5.74, 6) is 0.277. The number of hydrogen-bond acceptors (Lipinski definition) is 5. The normalized spacial score (nSPS) is 22.7. The van der Waals surface area contributed by atoms with Gasteiger partial charge in [-0.2, -0.15) is 0 Å². The van der Waals surface area contributed by atoms with Crippen LogP contribution in [-0.4, -0.2) is 58.6 Å². The lowest BCUT2D eigenvalue weighted by Crippen LogP contribution is -2.40. The van der Waals surface area contributed by atoms with Crippen molar-refractivity contribution in [1.29, 1.82) is 0 Å². The zero-order valence-corrected chi connectivity index (χ0v) is 10.6. The Balaban J connectivity index is 2.25. The minimum Gasteiger partial charge on any atom is -0.301 e. The summed E-state index contributed by atoms with van der Waals surface area (Å²) in [4.78, 5) is 1.95. The van der Waals surface area contributed by atoms with Crippen molar-refractivity contribution < 1.29 is 16.8 Å². The lowest BCUT2D eigenvalue weighted by atomic mass is 10.4. The second kappa shape index (κ2) is 4.99. The van der Waals surface area contributed by atoms with Crippen molar-refractivity contribution in [2.24, 2.45) is 0 Å². The first kappa shape index (κ1) is 13.2. The van der Waals surface area contributed by atoms with Gasteiger partial charge in [-0.05, 0) is 13.0 Å². The molecule has 8 heteroatoms. The Morgan fingerprint density at radius 3 is 2.20 bits per heavy atom. The first-order chi connectivity index (χ1) is 6.79. The van der Waals surface area contributed by atoms with E-state index in [2.05, 4.69) is 0 Å². The molecule has 1 aliphatic heterocycles. The first-order valence-electron chi connectivity index (χ1n) is 4.64. The lowest BCUT2D eigenvalue weighted by molar-refractivity contribution is 0.297. The molecule has 15 heavy (non-hydrogen) atoms. The van der Waals surface area contributed by atoms with Crippen LogP contribution in [0.2, 0.25) is 0 Å². The van der Waals surface area contributed by atoms with Gasteiger partial charge < -0.3 is 4.90 Å². The zero-order valence-electron chi connectivity index (χ0n) is 8.22. The van der Waals surface area contributed by atoms with Crippen LogP contribution in [0.3, 0.4) is 0 Å². The highest BCUT2D eigenvalue weighted by Gasteiger charge is 2.21. The van der Waals surface area contributed by atoms with E-state index >= 15 is 0 Å². The highest BCUT2D eigenvalue weighted by Crippen LogP contribution is 2.06. The molecule has 1 fully saturated rings. The predicted octanol–water partition coefficient (Wildman–Crippen LogP) is -0.324. The summed E-state index contributed by atoms with van der Waals surface area (Å²) < 4.78 is 43.4. The van der Waals surface area contributed by atoms with Crippen molar-refractivity contribution in [1.82, 2.24) is 4.90 Å². The van der Waals surface area contributed by atoms with Gasteiger partial charge >= 0.3 is 0 Å². The van der Waals surface area contributed by atoms with Gasteiger partial charge in [0, 0.05) is 23.8 Å². The van der Waals surface area contributed by atoms with Gasteiger partial charge in [0.15, 0.2) is 9.84 Å². The molecular formula is C7H14ClNO4S2. The summed E-state index contributed by atoms with van der Waals surface area (Å²) in [7, 11) is -1.22. The Morgan fingerprint density at radius 1 is 1.20 bits per heavy atom. The number of sulfone groups is 1. The average Bonchev–Trinajstić information content (AvgIpc) is 2.06. The van der Waals surface area contributed by atoms with Crippen LogP contribution in [-0.2, 0) is 18.9 Å². The number of halogens is 1. The van der Waals surface area contributed by atoms with E-state index in [1.54, 1.807) is 0 Å². The van der Waals surface area contributed by atoms with Gasteiger partial charge in [-0.3, -0.25) is 0 Å². The quantitative estimate of drug-likeness (QED) is 0.658. The maximum Gasteiger partial charge on any atom is 0.232 e. The first-order valence-corrected chi connectivity index (χ1v) is 8.94. The van der Waals surface area contributed by atoms with Crippen molar-refractivity contribution in [2.75, 3.05) is 36.9 Å². The molecule has 1 rings (SSSR count). The third-order valence-corrected chi connectivity index (χ3v) is 5.15. The monoisotopic (exact) mass is 275 g/mol. The summed E-state index contributed by atoms with van der Waals surface area (Å²) in [6, 6.07) is 0. The predicted molar refractivity (Wildman–Crippen MR) is 59.4 cm³/mol. The van der Waals surface area contributed by atoms with Crippen LogP contribution in [0.1, 0.15) is 6.42 Å². The van der Waals surface area contributed by atoms with Crippen LogP contribution in [0.15, 0.2) is 0 Å². The summed E-state index contributed by atoms with van der Waals surface area (Å²) in [6.07, 6.45) is 0.450. The molecule has 1 aliphatic rings. The van der Waals surface area contributed by atoms with E-state index in [4.69, 9.17) is 10.7 Å². The fourth-order valence-electron chi connectivity index (χ4n) is 1.43. The molecular weight excluding hydrogens is 262 g/mol. The fraction of sp³-hybridized carbons (Fsp3) is 1.00. The van der Waals surface area contributed by atoms with Crippen LogP contribution < -0.4 is 0 Å².